The van der Waals surface area contributed by atoms with Gasteiger partial charge in [-0.1, -0.05) is 29.4 Å². The molecule has 0 bridgehead atoms. The maximum absolute atomic E-state index is 12.4. The lowest BCUT2D eigenvalue weighted by Gasteiger charge is -2.24. The van der Waals surface area contributed by atoms with Crippen LogP contribution in [-0.2, 0) is 22.5 Å². The second-order valence-corrected chi connectivity index (χ2v) is 12.8. The van der Waals surface area contributed by atoms with E-state index in [-0.39, 0.29) is 22.6 Å². The molecule has 12 heteroatoms. The van der Waals surface area contributed by atoms with Crippen LogP contribution in [0.5, 0.6) is 5.88 Å². The number of hydrogen-bond acceptors (Lipinski definition) is 9. The normalized spacial score (nSPS) is 12.2. The Labute approximate surface area is 247 Å². The van der Waals surface area contributed by atoms with Gasteiger partial charge in [0.1, 0.15) is 16.5 Å². The van der Waals surface area contributed by atoms with E-state index >= 15 is 0 Å². The fraction of sp³-hybridized carbons (Fsp3) is 0.300. The Kier molecular flexibility index (Phi) is 9.17. The molecule has 2 N–H and O–H groups in total. The van der Waals surface area contributed by atoms with Gasteiger partial charge in [0.05, 0.1) is 11.9 Å². The van der Waals surface area contributed by atoms with E-state index in [4.69, 9.17) is 19.7 Å². The third-order valence-corrected chi connectivity index (χ3v) is 7.46. The molecule has 11 nitrogen and oxygen atoms in total. The Morgan fingerprint density at radius 1 is 1.05 bits per heavy atom. The maximum Gasteiger partial charge on any atom is 0.411 e. The van der Waals surface area contributed by atoms with Gasteiger partial charge in [-0.2, -0.15) is 0 Å². The van der Waals surface area contributed by atoms with Crippen LogP contribution in [-0.4, -0.2) is 54.7 Å². The van der Waals surface area contributed by atoms with E-state index in [1.807, 2.05) is 58.9 Å². The number of ether oxygens (including phenoxy) is 2. The van der Waals surface area contributed by atoms with Crippen molar-refractivity contribution in [2.24, 2.45) is 5.73 Å². The number of carbonyl (C=O) groups is 2. The molecule has 0 aliphatic rings. The van der Waals surface area contributed by atoms with Crippen molar-refractivity contribution in [3.05, 3.63) is 66.4 Å². The van der Waals surface area contributed by atoms with Crippen LogP contribution in [0.15, 0.2) is 70.2 Å². The Morgan fingerprint density at radius 2 is 1.67 bits per heavy atom. The molecule has 2 amide bonds. The molecular weight excluding hydrogens is 558 g/mol. The van der Waals surface area contributed by atoms with Crippen LogP contribution >= 0.6 is 0 Å². The summed E-state index contributed by atoms with van der Waals surface area (Å²) >= 11 is -1.12. The van der Waals surface area contributed by atoms with E-state index in [1.54, 1.807) is 37.4 Å². The molecule has 2 aromatic carbocycles. The summed E-state index contributed by atoms with van der Waals surface area (Å²) in [6.45, 7) is 9.61. The molecule has 2 heterocycles. The van der Waals surface area contributed by atoms with Crippen LogP contribution in [0.3, 0.4) is 0 Å². The number of hydrogen-bond donors (Lipinski definition) is 1. The number of rotatable bonds is 8. The number of nitrogens with two attached hydrogens (primary N) is 1. The quantitative estimate of drug-likeness (QED) is 0.250. The lowest BCUT2D eigenvalue weighted by Crippen LogP contribution is -2.33. The van der Waals surface area contributed by atoms with E-state index in [9.17, 15) is 14.1 Å². The topological polar surface area (TPSA) is 157 Å². The number of aromatic nitrogens is 3. The smallest absolute Gasteiger partial charge is 0.411 e. The van der Waals surface area contributed by atoms with Crippen molar-refractivity contribution in [2.45, 2.75) is 56.9 Å². The van der Waals surface area contributed by atoms with Crippen molar-refractivity contribution in [1.29, 1.82) is 0 Å². The molecule has 1 unspecified atom stereocenters. The summed E-state index contributed by atoms with van der Waals surface area (Å²) in [4.78, 5) is 34.9. The monoisotopic (exact) mass is 591 g/mol. The molecule has 1 atom stereocenters. The first kappa shape index (κ1) is 30.5. The number of carbonyl (C=O) groups excluding carboxylic acids is 2. The zero-order chi connectivity index (χ0) is 30.6. The Hall–Kier alpha value is -4.42. The number of amides is 2. The van der Waals surface area contributed by atoms with Gasteiger partial charge >= 0.3 is 12.2 Å². The van der Waals surface area contributed by atoms with E-state index in [1.165, 1.54) is 11.1 Å². The van der Waals surface area contributed by atoms with Crippen molar-refractivity contribution >= 4 is 23.4 Å². The molecule has 4 aromatic rings. The lowest BCUT2D eigenvalue weighted by molar-refractivity contribution is 0.0285. The molecule has 4 rings (SSSR count). The average Bonchev–Trinajstić information content (AvgIpc) is 3.42. The maximum atomic E-state index is 12.4. The highest BCUT2D eigenvalue weighted by Crippen LogP contribution is 2.32. The second kappa shape index (κ2) is 12.6. The summed E-state index contributed by atoms with van der Waals surface area (Å²) < 4.78 is 28.5. The summed E-state index contributed by atoms with van der Waals surface area (Å²) in [7, 11) is 1.67. The zero-order valence-corrected chi connectivity index (χ0v) is 25.1. The summed E-state index contributed by atoms with van der Waals surface area (Å²) in [5.74, 6) is 0.0777. The Morgan fingerprint density at radius 3 is 2.26 bits per heavy atom. The molecule has 42 heavy (non-hydrogen) atoms. The first-order valence-electron chi connectivity index (χ1n) is 13.2. The number of nitrogens with zero attached hydrogens (tertiary/aromatic N) is 4. The first-order chi connectivity index (χ1) is 19.8. The summed E-state index contributed by atoms with van der Waals surface area (Å²) in [5.41, 5.74) is 8.15. The number of benzene rings is 2. The molecule has 0 radical (unpaired) electrons. The van der Waals surface area contributed by atoms with Crippen LogP contribution < -0.4 is 10.5 Å². The van der Waals surface area contributed by atoms with Crippen molar-refractivity contribution in [3.63, 3.8) is 0 Å². The van der Waals surface area contributed by atoms with E-state index in [0.717, 1.165) is 11.1 Å². The van der Waals surface area contributed by atoms with Gasteiger partial charge in [-0.15, -0.1) is 0 Å². The van der Waals surface area contributed by atoms with Crippen LogP contribution in [0.4, 0.5) is 9.59 Å². The van der Waals surface area contributed by atoms with Gasteiger partial charge in [0.2, 0.25) is 0 Å². The van der Waals surface area contributed by atoms with Crippen LogP contribution in [0.2, 0.25) is 0 Å². The number of primary amides is 1. The molecule has 0 spiro atoms. The lowest BCUT2D eigenvalue weighted by atomic mass is 10.1. The van der Waals surface area contributed by atoms with Gasteiger partial charge in [0.25, 0.3) is 5.88 Å². The summed E-state index contributed by atoms with van der Waals surface area (Å²) in [6.07, 6.45) is -0.0162. The van der Waals surface area contributed by atoms with E-state index in [0.29, 0.717) is 28.4 Å². The highest BCUT2D eigenvalue weighted by Gasteiger charge is 2.22. The van der Waals surface area contributed by atoms with E-state index < -0.39 is 29.0 Å². The van der Waals surface area contributed by atoms with Crippen LogP contribution in [0, 0.1) is 0 Å². The minimum Gasteiger partial charge on any atom is -0.611 e. The van der Waals surface area contributed by atoms with Crippen molar-refractivity contribution in [3.8, 4) is 39.8 Å². The largest absolute Gasteiger partial charge is 0.611 e. The highest BCUT2D eigenvalue weighted by atomic mass is 32.2. The van der Waals surface area contributed by atoms with Gasteiger partial charge in [-0.3, -0.25) is 0 Å². The average molecular weight is 592 g/mol. The van der Waals surface area contributed by atoms with Gasteiger partial charge in [0, 0.05) is 30.8 Å². The molecule has 0 aliphatic carbocycles. The minimum absolute atomic E-state index is 0.0112. The molecule has 0 fully saturated rings. The summed E-state index contributed by atoms with van der Waals surface area (Å²) in [5, 5.41) is 4.15. The zero-order valence-electron chi connectivity index (χ0n) is 24.3. The summed E-state index contributed by atoms with van der Waals surface area (Å²) in [6, 6.07) is 16.3. The SMILES string of the molecule is CC(C)[S+]([O-])c1ccc(-c2cnc(OC(N)=O)c(-c3cc(-c4ccc(CN(C)C(=O)OC(C)(C)C)cc4)no3)n2)cc1. The molecule has 220 valence electrons. The van der Waals surface area contributed by atoms with Gasteiger partial charge in [-0.25, -0.2) is 19.6 Å². The molecular formula is C30H33N5O6S. The molecule has 0 aliphatic heterocycles. The van der Waals surface area contributed by atoms with Gasteiger partial charge < -0.3 is 29.2 Å². The van der Waals surface area contributed by atoms with Crippen molar-refractivity contribution in [1.82, 2.24) is 20.0 Å². The first-order valence-corrected chi connectivity index (χ1v) is 14.4. The minimum atomic E-state index is -1.12. The van der Waals surface area contributed by atoms with E-state index in [2.05, 4.69) is 15.1 Å². The molecule has 0 saturated heterocycles. The Bertz CT molecular complexity index is 1550. The fourth-order valence-corrected chi connectivity index (χ4v) is 4.81. The third kappa shape index (κ3) is 7.65. The predicted octanol–water partition coefficient (Wildman–Crippen LogP) is 5.81. The predicted molar refractivity (Wildman–Crippen MR) is 158 cm³/mol. The highest BCUT2D eigenvalue weighted by molar-refractivity contribution is 7.92. The third-order valence-electron chi connectivity index (χ3n) is 5.86. The van der Waals surface area contributed by atoms with Crippen LogP contribution in [0.1, 0.15) is 40.2 Å². The fourth-order valence-electron chi connectivity index (χ4n) is 3.86. The molecule has 2 aromatic heterocycles. The second-order valence-electron chi connectivity index (χ2n) is 10.8. The van der Waals surface area contributed by atoms with Crippen molar-refractivity contribution in [2.75, 3.05) is 7.05 Å². The molecule has 0 saturated carbocycles. The van der Waals surface area contributed by atoms with Crippen molar-refractivity contribution < 1.29 is 28.1 Å². The van der Waals surface area contributed by atoms with Crippen LogP contribution in [0.25, 0.3) is 34.0 Å². The van der Waals surface area contributed by atoms with Gasteiger partial charge in [0.15, 0.2) is 16.3 Å². The standard InChI is InChI=1S/C30H33N5O6S/c1-18(2)42(38)22-13-11-21(12-14-22)24-16-32-27(39-28(31)36)26(33-24)25-15-23(34-41-25)20-9-7-19(8-10-20)17-35(6)29(37)40-30(3,4)5/h7-16,18H,17H2,1-6H3,(H2,31,36). The Balaban J connectivity index is 1.57. The van der Waals surface area contributed by atoms with Gasteiger partial charge in [-0.05, 0) is 75.6 Å².